The highest BCUT2D eigenvalue weighted by atomic mass is 32.1. The molecule has 1 aromatic heterocycles. The van der Waals surface area contributed by atoms with E-state index in [-0.39, 0.29) is 31.3 Å². The van der Waals surface area contributed by atoms with E-state index >= 15 is 0 Å². The van der Waals surface area contributed by atoms with E-state index in [0.29, 0.717) is 6.54 Å². The molecule has 1 fully saturated rings. The number of carboxylic acid groups (broad SMARTS) is 1. The number of amides is 3. The lowest BCUT2D eigenvalue weighted by Gasteiger charge is -2.21. The van der Waals surface area contributed by atoms with Gasteiger partial charge in [-0.15, -0.1) is 0 Å². The quantitative estimate of drug-likeness (QED) is 0.808. The Balaban J connectivity index is 1.81. The maximum atomic E-state index is 12.1. The molecule has 1 aliphatic carbocycles. The van der Waals surface area contributed by atoms with E-state index in [1.807, 2.05) is 16.8 Å². The number of imide groups is 1. The summed E-state index contributed by atoms with van der Waals surface area (Å²) < 4.78 is 0. The number of rotatable bonds is 7. The molecule has 1 heterocycles. The van der Waals surface area contributed by atoms with Gasteiger partial charge < -0.3 is 10.0 Å². The largest absolute Gasteiger partial charge is 0.481 e. The van der Waals surface area contributed by atoms with Gasteiger partial charge in [0.25, 0.3) is 0 Å². The molecule has 0 radical (unpaired) electrons. The van der Waals surface area contributed by atoms with Crippen LogP contribution in [0, 0.1) is 0 Å². The first kappa shape index (κ1) is 15.5. The van der Waals surface area contributed by atoms with Crippen molar-refractivity contribution in [1.82, 2.24) is 10.2 Å². The normalized spacial score (nSPS) is 13.7. The number of carbonyl (C=O) groups is 3. The zero-order valence-electron chi connectivity index (χ0n) is 11.6. The van der Waals surface area contributed by atoms with Gasteiger partial charge >= 0.3 is 12.0 Å². The summed E-state index contributed by atoms with van der Waals surface area (Å²) >= 11 is 1.57. The Kier molecular flexibility index (Phi) is 5.32. The number of thiophene rings is 1. The highest BCUT2D eigenvalue weighted by Gasteiger charge is 2.33. The molecule has 114 valence electrons. The first-order chi connectivity index (χ1) is 10.1. The number of nitrogens with one attached hydrogen (secondary N) is 1. The van der Waals surface area contributed by atoms with Crippen molar-refractivity contribution in [3.05, 3.63) is 22.4 Å². The smallest absolute Gasteiger partial charge is 0.324 e. The predicted molar refractivity (Wildman–Crippen MR) is 77.9 cm³/mol. The van der Waals surface area contributed by atoms with E-state index in [9.17, 15) is 14.4 Å². The summed E-state index contributed by atoms with van der Waals surface area (Å²) in [5, 5.41) is 14.8. The van der Waals surface area contributed by atoms with Crippen LogP contribution >= 0.6 is 11.3 Å². The van der Waals surface area contributed by atoms with Crippen LogP contribution < -0.4 is 5.32 Å². The van der Waals surface area contributed by atoms with Crippen molar-refractivity contribution < 1.29 is 19.5 Å². The van der Waals surface area contributed by atoms with Crippen molar-refractivity contribution in [2.75, 3.05) is 0 Å². The minimum Gasteiger partial charge on any atom is -0.481 e. The van der Waals surface area contributed by atoms with Gasteiger partial charge in [-0.25, -0.2) is 4.79 Å². The minimum absolute atomic E-state index is 0.0506. The van der Waals surface area contributed by atoms with Crippen LogP contribution in [0.4, 0.5) is 4.79 Å². The number of hydrogen-bond donors (Lipinski definition) is 2. The van der Waals surface area contributed by atoms with E-state index in [1.54, 1.807) is 16.2 Å². The Morgan fingerprint density at radius 2 is 2.10 bits per heavy atom. The third-order valence-electron chi connectivity index (χ3n) is 3.22. The fraction of sp³-hybridized carbons (Fsp3) is 0.500. The van der Waals surface area contributed by atoms with Crippen molar-refractivity contribution in [3.63, 3.8) is 0 Å². The zero-order chi connectivity index (χ0) is 15.2. The van der Waals surface area contributed by atoms with Crippen LogP contribution in [0.1, 0.15) is 37.7 Å². The van der Waals surface area contributed by atoms with Gasteiger partial charge in [-0.3, -0.25) is 14.9 Å². The predicted octanol–water partition coefficient (Wildman–Crippen LogP) is 2.20. The third kappa shape index (κ3) is 5.18. The van der Waals surface area contributed by atoms with E-state index in [4.69, 9.17) is 5.11 Å². The van der Waals surface area contributed by atoms with Crippen LogP contribution in [0.2, 0.25) is 0 Å². The second-order valence-electron chi connectivity index (χ2n) is 5.09. The monoisotopic (exact) mass is 310 g/mol. The van der Waals surface area contributed by atoms with Crippen LogP contribution in [0.15, 0.2) is 16.8 Å². The third-order valence-corrected chi connectivity index (χ3v) is 3.95. The molecular weight excluding hydrogens is 292 g/mol. The number of carbonyl (C=O) groups excluding carboxylic acids is 2. The molecule has 2 N–H and O–H groups in total. The molecule has 1 aromatic rings. The highest BCUT2D eigenvalue weighted by molar-refractivity contribution is 7.07. The van der Waals surface area contributed by atoms with E-state index in [2.05, 4.69) is 5.32 Å². The zero-order valence-corrected chi connectivity index (χ0v) is 12.4. The molecule has 1 saturated carbocycles. The molecule has 21 heavy (non-hydrogen) atoms. The number of nitrogens with zero attached hydrogens (tertiary/aromatic N) is 1. The molecule has 2 rings (SSSR count). The number of carboxylic acids is 1. The lowest BCUT2D eigenvalue weighted by molar-refractivity contribution is -0.137. The summed E-state index contributed by atoms with van der Waals surface area (Å²) in [6.07, 6.45) is 2.15. The molecule has 6 nitrogen and oxygen atoms in total. The fourth-order valence-corrected chi connectivity index (χ4v) is 2.65. The topological polar surface area (TPSA) is 86.7 Å². The molecule has 0 aliphatic heterocycles. The van der Waals surface area contributed by atoms with Gasteiger partial charge in [-0.05, 0) is 41.7 Å². The van der Waals surface area contributed by atoms with Crippen LogP contribution in [-0.2, 0) is 16.1 Å². The molecule has 3 amide bonds. The van der Waals surface area contributed by atoms with Crippen molar-refractivity contribution in [1.29, 1.82) is 0 Å². The Morgan fingerprint density at radius 1 is 1.33 bits per heavy atom. The molecule has 0 bridgehead atoms. The summed E-state index contributed by atoms with van der Waals surface area (Å²) in [6, 6.07) is 1.78. The molecule has 0 atom stereocenters. The van der Waals surface area contributed by atoms with Crippen molar-refractivity contribution in [2.24, 2.45) is 0 Å². The molecule has 0 unspecified atom stereocenters. The average Bonchev–Trinajstić information content (AvgIpc) is 3.12. The Labute approximate surface area is 126 Å². The first-order valence-electron chi connectivity index (χ1n) is 6.89. The first-order valence-corrected chi connectivity index (χ1v) is 7.84. The Bertz CT molecular complexity index is 511. The van der Waals surface area contributed by atoms with Crippen LogP contribution in [0.5, 0.6) is 0 Å². The summed E-state index contributed by atoms with van der Waals surface area (Å²) in [5.41, 5.74) is 1.06. The lowest BCUT2D eigenvalue weighted by atomic mass is 10.2. The standard InChI is InChI=1S/C14H18N2O4S/c17-12(2-1-3-13(18)19)15-14(20)16(11-4-5-11)8-10-6-7-21-9-10/h6-7,9,11H,1-5,8H2,(H,18,19)(H,15,17,20). The van der Waals surface area contributed by atoms with Crippen LogP contribution in [0.3, 0.4) is 0 Å². The maximum Gasteiger partial charge on any atom is 0.324 e. The van der Waals surface area contributed by atoms with Gasteiger partial charge in [-0.2, -0.15) is 11.3 Å². The number of urea groups is 1. The SMILES string of the molecule is O=C(O)CCCC(=O)NC(=O)N(Cc1ccsc1)C1CC1. The van der Waals surface area contributed by atoms with Gasteiger partial charge in [0, 0.05) is 25.4 Å². The van der Waals surface area contributed by atoms with E-state index < -0.39 is 11.9 Å². The van der Waals surface area contributed by atoms with Crippen molar-refractivity contribution in [3.8, 4) is 0 Å². The van der Waals surface area contributed by atoms with E-state index in [0.717, 1.165) is 18.4 Å². The highest BCUT2D eigenvalue weighted by Crippen LogP contribution is 2.28. The maximum absolute atomic E-state index is 12.1. The van der Waals surface area contributed by atoms with Gasteiger partial charge in [0.05, 0.1) is 0 Å². The van der Waals surface area contributed by atoms with Crippen molar-refractivity contribution in [2.45, 2.75) is 44.7 Å². The van der Waals surface area contributed by atoms with Gasteiger partial charge in [0.1, 0.15) is 0 Å². The molecule has 0 saturated heterocycles. The fourth-order valence-electron chi connectivity index (χ4n) is 1.99. The Morgan fingerprint density at radius 3 is 2.67 bits per heavy atom. The van der Waals surface area contributed by atoms with Gasteiger partial charge in [-0.1, -0.05) is 0 Å². The van der Waals surface area contributed by atoms with Crippen LogP contribution in [0.25, 0.3) is 0 Å². The van der Waals surface area contributed by atoms with Crippen molar-refractivity contribution >= 4 is 29.2 Å². The molecule has 7 heteroatoms. The summed E-state index contributed by atoms with van der Waals surface area (Å²) in [4.78, 5) is 35.8. The minimum atomic E-state index is -0.939. The molecule has 0 aromatic carbocycles. The molecule has 0 spiro atoms. The summed E-state index contributed by atoms with van der Waals surface area (Å²) in [6.45, 7) is 0.502. The average molecular weight is 310 g/mol. The summed E-state index contributed by atoms with van der Waals surface area (Å²) in [5.74, 6) is -1.36. The second kappa shape index (κ2) is 7.21. The van der Waals surface area contributed by atoms with Gasteiger partial charge in [0.15, 0.2) is 0 Å². The molecular formula is C14H18N2O4S. The number of aliphatic carboxylic acids is 1. The van der Waals surface area contributed by atoms with Crippen LogP contribution in [-0.4, -0.2) is 34.0 Å². The molecule has 1 aliphatic rings. The number of hydrogen-bond acceptors (Lipinski definition) is 4. The Hall–Kier alpha value is -1.89. The summed E-state index contributed by atoms with van der Waals surface area (Å²) in [7, 11) is 0. The van der Waals surface area contributed by atoms with Gasteiger partial charge in [0.2, 0.25) is 5.91 Å². The lowest BCUT2D eigenvalue weighted by Crippen LogP contribution is -2.43. The second-order valence-corrected chi connectivity index (χ2v) is 5.87. The van der Waals surface area contributed by atoms with E-state index in [1.165, 1.54) is 0 Å².